The van der Waals surface area contributed by atoms with E-state index in [-0.39, 0.29) is 11.5 Å². The van der Waals surface area contributed by atoms with Gasteiger partial charge in [0.15, 0.2) is 5.82 Å². The number of nitrogens with one attached hydrogen (secondary N) is 2. The fourth-order valence-electron chi connectivity index (χ4n) is 1.57. The summed E-state index contributed by atoms with van der Waals surface area (Å²) in [6, 6.07) is 4.32. The molecule has 2 rings (SSSR count). The Morgan fingerprint density at radius 2 is 1.84 bits per heavy atom. The first-order valence-corrected chi connectivity index (χ1v) is 5.78. The van der Waals surface area contributed by atoms with Gasteiger partial charge in [-0.05, 0) is 18.1 Å². The van der Waals surface area contributed by atoms with Gasteiger partial charge in [0, 0.05) is 23.4 Å². The lowest BCUT2D eigenvalue weighted by molar-refractivity contribution is 0.102. The molecule has 0 saturated carbocycles. The first kappa shape index (κ1) is 13.2. The Kier molecular flexibility index (Phi) is 3.59. The van der Waals surface area contributed by atoms with Crippen LogP contribution in [0.4, 0.5) is 14.6 Å². The molecule has 6 heteroatoms. The smallest absolute Gasteiger partial charge is 0.257 e. The lowest BCUT2D eigenvalue weighted by Gasteiger charge is -2.02. The zero-order chi connectivity index (χ0) is 14.0. The van der Waals surface area contributed by atoms with Crippen LogP contribution in [0.5, 0.6) is 0 Å². The van der Waals surface area contributed by atoms with Crippen molar-refractivity contribution in [1.82, 2.24) is 10.2 Å². The van der Waals surface area contributed by atoms with Crippen LogP contribution < -0.4 is 5.32 Å². The van der Waals surface area contributed by atoms with Gasteiger partial charge in [-0.1, -0.05) is 13.8 Å². The van der Waals surface area contributed by atoms with E-state index in [0.29, 0.717) is 11.9 Å². The number of hydrogen-bond donors (Lipinski definition) is 2. The van der Waals surface area contributed by atoms with Crippen LogP contribution in [-0.4, -0.2) is 16.1 Å². The van der Waals surface area contributed by atoms with Crippen molar-refractivity contribution in [2.45, 2.75) is 19.8 Å². The Hall–Kier alpha value is -2.24. The molecular weight excluding hydrogens is 252 g/mol. The highest BCUT2D eigenvalue weighted by Crippen LogP contribution is 2.16. The van der Waals surface area contributed by atoms with Gasteiger partial charge in [-0.2, -0.15) is 5.10 Å². The first-order chi connectivity index (χ1) is 8.95. The molecule has 0 aliphatic rings. The summed E-state index contributed by atoms with van der Waals surface area (Å²) >= 11 is 0. The number of nitrogens with zero attached hydrogens (tertiary/aromatic N) is 1. The predicted octanol–water partition coefficient (Wildman–Crippen LogP) is 3.06. The van der Waals surface area contributed by atoms with Gasteiger partial charge in [-0.3, -0.25) is 9.89 Å². The van der Waals surface area contributed by atoms with Crippen LogP contribution in [0.15, 0.2) is 24.3 Å². The maximum Gasteiger partial charge on any atom is 0.257 e. The fraction of sp³-hybridized carbons (Fsp3) is 0.231. The number of hydrogen-bond acceptors (Lipinski definition) is 2. The van der Waals surface area contributed by atoms with Crippen molar-refractivity contribution in [2.75, 3.05) is 5.32 Å². The summed E-state index contributed by atoms with van der Waals surface area (Å²) in [4.78, 5) is 11.8. The summed E-state index contributed by atoms with van der Waals surface area (Å²) in [5.41, 5.74) is 0.771. The molecule has 100 valence electrons. The van der Waals surface area contributed by atoms with Crippen LogP contribution >= 0.6 is 0 Å². The standard InChI is InChI=1S/C13H13F2N3O/c1-7(2)11-6-12(18-17-11)16-13(19)8-3-9(14)5-10(15)4-8/h3-7H,1-2H3,(H2,16,17,18,19). The molecular formula is C13H13F2N3O. The van der Waals surface area contributed by atoms with Crippen LogP contribution in [0.25, 0.3) is 0 Å². The summed E-state index contributed by atoms with van der Waals surface area (Å²) in [5.74, 6) is -1.64. The van der Waals surface area contributed by atoms with Crippen molar-refractivity contribution in [2.24, 2.45) is 0 Å². The lowest BCUT2D eigenvalue weighted by Crippen LogP contribution is -2.12. The SMILES string of the molecule is CC(C)c1cc(NC(=O)c2cc(F)cc(F)c2)n[nH]1. The molecule has 0 spiro atoms. The van der Waals surface area contributed by atoms with E-state index >= 15 is 0 Å². The van der Waals surface area contributed by atoms with Crippen LogP contribution in [0.3, 0.4) is 0 Å². The molecule has 2 aromatic rings. The molecule has 0 saturated heterocycles. The number of carbonyl (C=O) groups is 1. The van der Waals surface area contributed by atoms with Gasteiger partial charge in [0.05, 0.1) is 0 Å². The molecule has 0 fully saturated rings. The van der Waals surface area contributed by atoms with Crippen molar-refractivity contribution >= 4 is 11.7 Å². The molecule has 19 heavy (non-hydrogen) atoms. The number of halogens is 2. The number of aromatic amines is 1. The Bertz CT molecular complexity index is 587. The second-order valence-corrected chi connectivity index (χ2v) is 4.48. The molecule has 2 N–H and O–H groups in total. The van der Waals surface area contributed by atoms with Gasteiger partial charge in [0.2, 0.25) is 0 Å². The van der Waals surface area contributed by atoms with Gasteiger partial charge in [0.1, 0.15) is 11.6 Å². The molecule has 0 radical (unpaired) electrons. The Balaban J connectivity index is 2.15. The second-order valence-electron chi connectivity index (χ2n) is 4.48. The zero-order valence-electron chi connectivity index (χ0n) is 10.5. The van der Waals surface area contributed by atoms with E-state index in [9.17, 15) is 13.6 Å². The number of H-pyrrole nitrogens is 1. The molecule has 4 nitrogen and oxygen atoms in total. The van der Waals surface area contributed by atoms with Crippen LogP contribution in [-0.2, 0) is 0 Å². The minimum Gasteiger partial charge on any atom is -0.305 e. The summed E-state index contributed by atoms with van der Waals surface area (Å²) in [7, 11) is 0. The fourth-order valence-corrected chi connectivity index (χ4v) is 1.57. The number of benzene rings is 1. The molecule has 0 atom stereocenters. The molecule has 1 aromatic heterocycles. The number of aromatic nitrogens is 2. The summed E-state index contributed by atoms with van der Waals surface area (Å²) < 4.78 is 26.0. The van der Waals surface area contributed by atoms with Gasteiger partial charge in [0.25, 0.3) is 5.91 Å². The first-order valence-electron chi connectivity index (χ1n) is 5.78. The number of carbonyl (C=O) groups excluding carboxylic acids is 1. The highest BCUT2D eigenvalue weighted by Gasteiger charge is 2.12. The largest absolute Gasteiger partial charge is 0.305 e. The highest BCUT2D eigenvalue weighted by atomic mass is 19.1. The van der Waals surface area contributed by atoms with E-state index in [4.69, 9.17) is 0 Å². The quantitative estimate of drug-likeness (QED) is 0.896. The average molecular weight is 265 g/mol. The highest BCUT2D eigenvalue weighted by molar-refractivity contribution is 6.03. The van der Waals surface area contributed by atoms with Gasteiger partial charge in [-0.25, -0.2) is 8.78 Å². The zero-order valence-corrected chi connectivity index (χ0v) is 10.5. The third kappa shape index (κ3) is 3.15. The summed E-state index contributed by atoms with van der Waals surface area (Å²) in [6.45, 7) is 3.95. The van der Waals surface area contributed by atoms with E-state index in [1.165, 1.54) is 0 Å². The second kappa shape index (κ2) is 5.17. The molecule has 1 aromatic carbocycles. The number of rotatable bonds is 3. The van der Waals surface area contributed by atoms with Crippen molar-refractivity contribution in [1.29, 1.82) is 0 Å². The molecule has 1 heterocycles. The maximum atomic E-state index is 13.0. The van der Waals surface area contributed by atoms with Crippen molar-refractivity contribution in [3.63, 3.8) is 0 Å². The molecule has 0 aliphatic carbocycles. The molecule has 1 amide bonds. The van der Waals surface area contributed by atoms with Crippen LogP contribution in [0.1, 0.15) is 35.8 Å². The normalized spacial score (nSPS) is 10.8. The molecule has 0 bridgehead atoms. The monoisotopic (exact) mass is 265 g/mol. The topological polar surface area (TPSA) is 57.8 Å². The predicted molar refractivity (Wildman–Crippen MR) is 67.0 cm³/mol. The average Bonchev–Trinajstić information content (AvgIpc) is 2.76. The van der Waals surface area contributed by atoms with E-state index < -0.39 is 17.5 Å². The van der Waals surface area contributed by atoms with Crippen molar-refractivity contribution in [3.05, 3.63) is 47.2 Å². The third-order valence-electron chi connectivity index (χ3n) is 2.59. The molecule has 0 unspecified atom stereocenters. The Morgan fingerprint density at radius 1 is 1.21 bits per heavy atom. The summed E-state index contributed by atoms with van der Waals surface area (Å²) in [5, 5.41) is 9.15. The van der Waals surface area contributed by atoms with Gasteiger partial charge in [-0.15, -0.1) is 0 Å². The van der Waals surface area contributed by atoms with E-state index in [2.05, 4.69) is 15.5 Å². The summed E-state index contributed by atoms with van der Waals surface area (Å²) in [6.07, 6.45) is 0. The minimum absolute atomic E-state index is 0.0911. The maximum absolute atomic E-state index is 13.0. The number of amides is 1. The van der Waals surface area contributed by atoms with Crippen molar-refractivity contribution in [3.8, 4) is 0 Å². The Morgan fingerprint density at radius 3 is 2.37 bits per heavy atom. The van der Waals surface area contributed by atoms with Crippen molar-refractivity contribution < 1.29 is 13.6 Å². The Labute approximate surface area is 108 Å². The van der Waals surface area contributed by atoms with E-state index in [1.54, 1.807) is 6.07 Å². The minimum atomic E-state index is -0.796. The van der Waals surface area contributed by atoms with E-state index in [0.717, 1.165) is 17.8 Å². The van der Waals surface area contributed by atoms with E-state index in [1.807, 2.05) is 13.8 Å². The van der Waals surface area contributed by atoms with Crippen LogP contribution in [0.2, 0.25) is 0 Å². The molecule has 0 aliphatic heterocycles. The third-order valence-corrected chi connectivity index (χ3v) is 2.59. The number of anilines is 1. The van der Waals surface area contributed by atoms with Gasteiger partial charge >= 0.3 is 0 Å². The van der Waals surface area contributed by atoms with Gasteiger partial charge < -0.3 is 5.32 Å². The van der Waals surface area contributed by atoms with Crippen LogP contribution in [0, 0.1) is 11.6 Å². The lowest BCUT2D eigenvalue weighted by atomic mass is 10.1.